The van der Waals surface area contributed by atoms with Gasteiger partial charge in [-0.05, 0) is 49.2 Å². The predicted octanol–water partition coefficient (Wildman–Crippen LogP) is 3.99. The number of anilines is 1. The van der Waals surface area contributed by atoms with Crippen LogP contribution in [-0.4, -0.2) is 29.2 Å². The number of fused-ring (bicyclic) bond motifs is 1. The van der Waals surface area contributed by atoms with Crippen LogP contribution in [0.2, 0.25) is 0 Å². The largest absolute Gasteiger partial charge is 0.325 e. The van der Waals surface area contributed by atoms with Crippen LogP contribution in [0.25, 0.3) is 0 Å². The zero-order valence-corrected chi connectivity index (χ0v) is 15.7. The van der Waals surface area contributed by atoms with Gasteiger partial charge in [-0.25, -0.2) is 0 Å². The number of likely N-dealkylation sites (tertiary alicyclic amines) is 1. The fraction of sp³-hybridized carbons (Fsp3) is 0.227. The number of hydrogen-bond acceptors (Lipinski definition) is 5. The van der Waals surface area contributed by atoms with Crippen LogP contribution in [0.15, 0.2) is 77.0 Å². The Balaban J connectivity index is 1.35. The zero-order chi connectivity index (χ0) is 20.2. The monoisotopic (exact) mass is 388 g/mol. The fourth-order valence-corrected chi connectivity index (χ4v) is 3.59. The molecular weight excluding hydrogens is 368 g/mol. The summed E-state index contributed by atoms with van der Waals surface area (Å²) in [5, 5.41) is 11.0. The maximum Gasteiger partial charge on any atom is 0.244 e. The standard InChI is InChI=1S/C22H20N4O3/c27-20(14-26-21(28)18-8-4-5-9-19(18)22(26)29)23-15-10-12-17(13-11-15)25-24-16-6-2-1-3-7-16/h1-7,10-13,18-19H,8-9,14H2,(H,23,27). The molecule has 2 unspecified atom stereocenters. The van der Waals surface area contributed by atoms with E-state index in [1.807, 2.05) is 42.5 Å². The summed E-state index contributed by atoms with van der Waals surface area (Å²) in [6, 6.07) is 16.2. The number of carbonyl (C=O) groups excluding carboxylic acids is 3. The highest BCUT2D eigenvalue weighted by Gasteiger charge is 2.47. The third-order valence-electron chi connectivity index (χ3n) is 5.09. The molecule has 2 atom stereocenters. The molecule has 0 radical (unpaired) electrons. The molecule has 0 bridgehead atoms. The Labute approximate surface area is 168 Å². The molecule has 0 aromatic heterocycles. The van der Waals surface area contributed by atoms with E-state index in [1.165, 1.54) is 0 Å². The van der Waals surface area contributed by atoms with E-state index in [-0.39, 0.29) is 30.2 Å². The number of azo groups is 1. The lowest BCUT2D eigenvalue weighted by Crippen LogP contribution is -2.38. The summed E-state index contributed by atoms with van der Waals surface area (Å²) >= 11 is 0. The number of allylic oxidation sites excluding steroid dienone is 2. The molecule has 4 rings (SSSR count). The van der Waals surface area contributed by atoms with E-state index in [2.05, 4.69) is 15.5 Å². The topological polar surface area (TPSA) is 91.2 Å². The van der Waals surface area contributed by atoms with E-state index in [1.54, 1.807) is 24.3 Å². The molecule has 1 fully saturated rings. The minimum atomic E-state index is -0.406. The third-order valence-corrected chi connectivity index (χ3v) is 5.09. The van der Waals surface area contributed by atoms with Crippen molar-refractivity contribution in [3.63, 3.8) is 0 Å². The molecule has 7 nitrogen and oxygen atoms in total. The van der Waals surface area contributed by atoms with Crippen molar-refractivity contribution in [1.82, 2.24) is 4.90 Å². The lowest BCUT2D eigenvalue weighted by atomic mass is 9.85. The molecule has 1 N–H and O–H groups in total. The summed E-state index contributed by atoms with van der Waals surface area (Å²) in [6.45, 7) is -0.264. The average molecular weight is 388 g/mol. The van der Waals surface area contributed by atoms with Crippen molar-refractivity contribution in [1.29, 1.82) is 0 Å². The molecule has 0 saturated carbocycles. The Kier molecular flexibility index (Phi) is 5.29. The first-order chi connectivity index (χ1) is 14.1. The van der Waals surface area contributed by atoms with Crippen molar-refractivity contribution >= 4 is 34.8 Å². The average Bonchev–Trinajstić information content (AvgIpc) is 2.99. The van der Waals surface area contributed by atoms with Gasteiger partial charge in [-0.15, -0.1) is 0 Å². The lowest BCUT2D eigenvalue weighted by Gasteiger charge is -2.14. The summed E-state index contributed by atoms with van der Waals surface area (Å²) in [4.78, 5) is 38.3. The SMILES string of the molecule is O=C(CN1C(=O)C2CC=CCC2C1=O)Nc1ccc(N=Nc2ccccc2)cc1. The number of nitrogens with zero attached hydrogens (tertiary/aromatic N) is 3. The smallest absolute Gasteiger partial charge is 0.244 e. The van der Waals surface area contributed by atoms with Gasteiger partial charge in [0.05, 0.1) is 23.2 Å². The summed E-state index contributed by atoms with van der Waals surface area (Å²) in [5.41, 5.74) is 1.96. The first-order valence-electron chi connectivity index (χ1n) is 9.49. The van der Waals surface area contributed by atoms with E-state index in [0.29, 0.717) is 24.2 Å². The van der Waals surface area contributed by atoms with Gasteiger partial charge in [0, 0.05) is 5.69 Å². The van der Waals surface area contributed by atoms with Crippen LogP contribution in [0.1, 0.15) is 12.8 Å². The molecule has 1 aliphatic heterocycles. The number of carbonyl (C=O) groups is 3. The summed E-state index contributed by atoms with van der Waals surface area (Å²) < 4.78 is 0. The van der Waals surface area contributed by atoms with Gasteiger partial charge in [-0.2, -0.15) is 10.2 Å². The molecule has 7 heteroatoms. The highest BCUT2D eigenvalue weighted by atomic mass is 16.2. The van der Waals surface area contributed by atoms with E-state index in [4.69, 9.17) is 0 Å². The maximum atomic E-state index is 12.4. The molecule has 2 aromatic carbocycles. The minimum Gasteiger partial charge on any atom is -0.325 e. The van der Waals surface area contributed by atoms with Gasteiger partial charge in [0.2, 0.25) is 17.7 Å². The van der Waals surface area contributed by atoms with Gasteiger partial charge in [0.1, 0.15) is 6.54 Å². The first kappa shape index (κ1) is 18.7. The predicted molar refractivity (Wildman–Crippen MR) is 108 cm³/mol. The number of benzene rings is 2. The molecule has 146 valence electrons. The highest BCUT2D eigenvalue weighted by Crippen LogP contribution is 2.34. The van der Waals surface area contributed by atoms with Crippen LogP contribution in [0.4, 0.5) is 17.1 Å². The van der Waals surface area contributed by atoms with Gasteiger partial charge in [-0.1, -0.05) is 30.4 Å². The lowest BCUT2D eigenvalue weighted by molar-refractivity contribution is -0.142. The fourth-order valence-electron chi connectivity index (χ4n) is 3.59. The van der Waals surface area contributed by atoms with Crippen molar-refractivity contribution in [3.8, 4) is 0 Å². The number of imide groups is 1. The minimum absolute atomic E-state index is 0.254. The normalized spacial score (nSPS) is 20.9. The van der Waals surface area contributed by atoms with Crippen molar-refractivity contribution in [2.75, 3.05) is 11.9 Å². The Morgan fingerprint density at radius 1 is 0.862 bits per heavy atom. The highest BCUT2D eigenvalue weighted by molar-refractivity contribution is 6.08. The Morgan fingerprint density at radius 3 is 2.00 bits per heavy atom. The van der Waals surface area contributed by atoms with E-state index >= 15 is 0 Å². The summed E-state index contributed by atoms with van der Waals surface area (Å²) in [6.07, 6.45) is 4.97. The summed E-state index contributed by atoms with van der Waals surface area (Å²) in [5.74, 6) is -1.56. The van der Waals surface area contributed by atoms with Crippen molar-refractivity contribution in [2.45, 2.75) is 12.8 Å². The molecule has 3 amide bonds. The quantitative estimate of drug-likeness (QED) is 0.477. The summed E-state index contributed by atoms with van der Waals surface area (Å²) in [7, 11) is 0. The number of nitrogens with one attached hydrogen (secondary N) is 1. The van der Waals surface area contributed by atoms with Gasteiger partial charge in [0.25, 0.3) is 0 Å². The Morgan fingerprint density at radius 2 is 1.41 bits per heavy atom. The maximum absolute atomic E-state index is 12.4. The second kappa shape index (κ2) is 8.18. The van der Waals surface area contributed by atoms with Crippen molar-refractivity contribution in [3.05, 3.63) is 66.7 Å². The van der Waals surface area contributed by atoms with Crippen LogP contribution in [0, 0.1) is 11.8 Å². The Hall–Kier alpha value is -3.61. The first-order valence-corrected chi connectivity index (χ1v) is 9.49. The number of amides is 3. The molecule has 2 aliphatic rings. The number of rotatable bonds is 5. The number of hydrogen-bond donors (Lipinski definition) is 1. The molecule has 2 aromatic rings. The van der Waals surface area contributed by atoms with Crippen LogP contribution in [0.5, 0.6) is 0 Å². The van der Waals surface area contributed by atoms with Gasteiger partial charge >= 0.3 is 0 Å². The molecule has 0 spiro atoms. The van der Waals surface area contributed by atoms with E-state index in [0.717, 1.165) is 10.6 Å². The van der Waals surface area contributed by atoms with Gasteiger partial charge in [0.15, 0.2) is 0 Å². The van der Waals surface area contributed by atoms with Crippen molar-refractivity contribution in [2.24, 2.45) is 22.1 Å². The molecule has 1 saturated heterocycles. The Bertz CT molecular complexity index is 957. The van der Waals surface area contributed by atoms with E-state index in [9.17, 15) is 14.4 Å². The van der Waals surface area contributed by atoms with Crippen LogP contribution >= 0.6 is 0 Å². The molecular formula is C22H20N4O3. The van der Waals surface area contributed by atoms with Crippen molar-refractivity contribution < 1.29 is 14.4 Å². The van der Waals surface area contributed by atoms with E-state index < -0.39 is 5.91 Å². The van der Waals surface area contributed by atoms with Gasteiger partial charge in [-0.3, -0.25) is 19.3 Å². The molecule has 1 aliphatic carbocycles. The van der Waals surface area contributed by atoms with Gasteiger partial charge < -0.3 is 5.32 Å². The third kappa shape index (κ3) is 4.13. The zero-order valence-electron chi connectivity index (χ0n) is 15.7. The second-order valence-electron chi connectivity index (χ2n) is 7.05. The van der Waals surface area contributed by atoms with Crippen LogP contribution < -0.4 is 5.32 Å². The van der Waals surface area contributed by atoms with Crippen LogP contribution in [0.3, 0.4) is 0 Å². The second-order valence-corrected chi connectivity index (χ2v) is 7.05. The van der Waals surface area contributed by atoms with Crippen LogP contribution in [-0.2, 0) is 14.4 Å². The molecule has 1 heterocycles. The molecule has 29 heavy (non-hydrogen) atoms.